The van der Waals surface area contributed by atoms with Gasteiger partial charge in [0.1, 0.15) is 5.75 Å². The molecule has 0 aromatic heterocycles. The first-order valence-electron chi connectivity index (χ1n) is 6.83. The van der Waals surface area contributed by atoms with Crippen molar-refractivity contribution in [3.05, 3.63) is 29.3 Å². The van der Waals surface area contributed by atoms with Crippen molar-refractivity contribution in [3.8, 4) is 18.1 Å². The third kappa shape index (κ3) is 6.31. The van der Waals surface area contributed by atoms with E-state index in [4.69, 9.17) is 11.2 Å². The van der Waals surface area contributed by atoms with Crippen LogP contribution < -0.4 is 10.1 Å². The van der Waals surface area contributed by atoms with Crippen LogP contribution >= 0.6 is 0 Å². The highest BCUT2D eigenvalue weighted by molar-refractivity contribution is 5.37. The number of unbranched alkanes of at least 4 members (excludes halogenated alkanes) is 1. The molecule has 0 amide bonds. The zero-order valence-corrected chi connectivity index (χ0v) is 12.5. The number of terminal acetylenes is 1. The molecule has 0 fully saturated rings. The molecule has 0 aliphatic rings. The highest BCUT2D eigenvalue weighted by Gasteiger charge is 2.11. The predicted octanol–water partition coefficient (Wildman–Crippen LogP) is 3.68. The second kappa shape index (κ2) is 7.21. The van der Waals surface area contributed by atoms with Gasteiger partial charge in [0.2, 0.25) is 0 Å². The molecular weight excluding hydrogens is 234 g/mol. The molecule has 1 rings (SSSR count). The lowest BCUT2D eigenvalue weighted by molar-refractivity contribution is 0.307. The third-order valence-corrected chi connectivity index (χ3v) is 2.75. The van der Waals surface area contributed by atoms with E-state index in [9.17, 15) is 0 Å². The maximum absolute atomic E-state index is 5.82. The van der Waals surface area contributed by atoms with Crippen LogP contribution in [0.4, 0.5) is 0 Å². The van der Waals surface area contributed by atoms with E-state index in [2.05, 4.69) is 51.1 Å². The van der Waals surface area contributed by atoms with E-state index in [1.54, 1.807) is 0 Å². The normalized spacial score (nSPS) is 11.1. The first kappa shape index (κ1) is 15.6. The Morgan fingerprint density at radius 3 is 2.68 bits per heavy atom. The Bertz CT molecular complexity index is 438. The fourth-order valence-corrected chi connectivity index (χ4v) is 1.70. The van der Waals surface area contributed by atoms with Gasteiger partial charge in [0.05, 0.1) is 6.61 Å². The zero-order valence-electron chi connectivity index (χ0n) is 12.5. The van der Waals surface area contributed by atoms with Crippen LogP contribution in [-0.4, -0.2) is 12.1 Å². The van der Waals surface area contributed by atoms with Crippen molar-refractivity contribution < 1.29 is 4.74 Å². The van der Waals surface area contributed by atoms with Crippen LogP contribution in [0, 0.1) is 19.3 Å². The quantitative estimate of drug-likeness (QED) is 0.621. The zero-order chi connectivity index (χ0) is 14.3. The van der Waals surface area contributed by atoms with Gasteiger partial charge in [0.15, 0.2) is 0 Å². The lowest BCUT2D eigenvalue weighted by Crippen LogP contribution is -2.35. The number of hydrogen-bond acceptors (Lipinski definition) is 2. The minimum absolute atomic E-state index is 0.102. The molecule has 0 aliphatic carbocycles. The van der Waals surface area contributed by atoms with Crippen LogP contribution in [0.2, 0.25) is 0 Å². The highest BCUT2D eigenvalue weighted by Crippen LogP contribution is 2.21. The number of aryl methyl sites for hydroxylation is 1. The van der Waals surface area contributed by atoms with Crippen molar-refractivity contribution in [1.82, 2.24) is 5.32 Å². The van der Waals surface area contributed by atoms with Crippen molar-refractivity contribution in [2.45, 2.75) is 52.6 Å². The Labute approximate surface area is 117 Å². The topological polar surface area (TPSA) is 21.3 Å². The first-order valence-corrected chi connectivity index (χ1v) is 6.83. The molecule has 2 heteroatoms. The summed E-state index contributed by atoms with van der Waals surface area (Å²) in [6, 6.07) is 6.30. The van der Waals surface area contributed by atoms with Crippen molar-refractivity contribution in [1.29, 1.82) is 0 Å². The molecule has 0 saturated carbocycles. The number of nitrogens with one attached hydrogen (secondary N) is 1. The van der Waals surface area contributed by atoms with E-state index >= 15 is 0 Å². The van der Waals surface area contributed by atoms with Gasteiger partial charge >= 0.3 is 0 Å². The smallest absolute Gasteiger partial charge is 0.123 e. The second-order valence-electron chi connectivity index (χ2n) is 5.87. The molecule has 0 heterocycles. The molecule has 0 aliphatic heterocycles. The lowest BCUT2D eigenvalue weighted by Gasteiger charge is -2.22. The fraction of sp³-hybridized carbons (Fsp3) is 0.529. The van der Waals surface area contributed by atoms with E-state index in [1.165, 1.54) is 11.1 Å². The van der Waals surface area contributed by atoms with E-state index in [0.717, 1.165) is 25.1 Å². The van der Waals surface area contributed by atoms with Gasteiger partial charge in [-0.1, -0.05) is 17.7 Å². The largest absolute Gasteiger partial charge is 0.493 e. The van der Waals surface area contributed by atoms with E-state index in [1.807, 2.05) is 6.07 Å². The van der Waals surface area contributed by atoms with Gasteiger partial charge in [-0.2, -0.15) is 0 Å². The van der Waals surface area contributed by atoms with Crippen molar-refractivity contribution >= 4 is 0 Å². The molecule has 1 aromatic rings. The molecule has 0 bridgehead atoms. The summed E-state index contributed by atoms with van der Waals surface area (Å²) in [6.45, 7) is 10.1. The maximum Gasteiger partial charge on any atom is 0.123 e. The minimum Gasteiger partial charge on any atom is -0.493 e. The van der Waals surface area contributed by atoms with Gasteiger partial charge in [0, 0.05) is 24.1 Å². The molecule has 0 spiro atoms. The molecule has 0 radical (unpaired) electrons. The Morgan fingerprint density at radius 2 is 2.05 bits per heavy atom. The SMILES string of the molecule is C#CCCCOc1ccc(C)cc1CNC(C)(C)C. The van der Waals surface area contributed by atoms with Crippen LogP contribution in [0.25, 0.3) is 0 Å². The molecule has 0 unspecified atom stereocenters. The monoisotopic (exact) mass is 259 g/mol. The maximum atomic E-state index is 5.82. The van der Waals surface area contributed by atoms with Crippen LogP contribution in [0.3, 0.4) is 0 Å². The standard InChI is InChI=1S/C17H25NO/c1-6-7-8-11-19-16-10-9-14(2)12-15(16)13-18-17(3,4)5/h1,9-10,12,18H,7-8,11,13H2,2-5H3. The summed E-state index contributed by atoms with van der Waals surface area (Å²) in [5, 5.41) is 3.50. The van der Waals surface area contributed by atoms with E-state index in [-0.39, 0.29) is 5.54 Å². The summed E-state index contributed by atoms with van der Waals surface area (Å²) in [4.78, 5) is 0. The summed E-state index contributed by atoms with van der Waals surface area (Å²) >= 11 is 0. The van der Waals surface area contributed by atoms with Gasteiger partial charge in [-0.3, -0.25) is 0 Å². The van der Waals surface area contributed by atoms with Crippen LogP contribution in [0.15, 0.2) is 18.2 Å². The summed E-state index contributed by atoms with van der Waals surface area (Å²) < 4.78 is 5.82. The molecule has 0 saturated heterocycles. The molecular formula is C17H25NO. The first-order chi connectivity index (χ1) is 8.92. The second-order valence-corrected chi connectivity index (χ2v) is 5.87. The van der Waals surface area contributed by atoms with E-state index in [0.29, 0.717) is 6.61 Å². The van der Waals surface area contributed by atoms with Gasteiger partial charge in [0.25, 0.3) is 0 Å². The van der Waals surface area contributed by atoms with Crippen LogP contribution in [0.5, 0.6) is 5.75 Å². The molecule has 2 nitrogen and oxygen atoms in total. The van der Waals surface area contributed by atoms with Gasteiger partial charge in [-0.25, -0.2) is 0 Å². The number of benzene rings is 1. The average molecular weight is 259 g/mol. The fourth-order valence-electron chi connectivity index (χ4n) is 1.70. The Balaban J connectivity index is 2.66. The highest BCUT2D eigenvalue weighted by atomic mass is 16.5. The molecule has 104 valence electrons. The summed E-state index contributed by atoms with van der Waals surface area (Å²) in [5.74, 6) is 3.59. The van der Waals surface area contributed by atoms with Gasteiger partial charge in [-0.05, 0) is 40.2 Å². The third-order valence-electron chi connectivity index (χ3n) is 2.75. The summed E-state index contributed by atoms with van der Waals surface area (Å²) in [5.41, 5.74) is 2.56. The van der Waals surface area contributed by atoms with E-state index < -0.39 is 0 Å². The van der Waals surface area contributed by atoms with Crippen molar-refractivity contribution in [3.63, 3.8) is 0 Å². The lowest BCUT2D eigenvalue weighted by atomic mass is 10.1. The summed E-state index contributed by atoms with van der Waals surface area (Å²) in [7, 11) is 0. The Morgan fingerprint density at radius 1 is 1.32 bits per heavy atom. The van der Waals surface area contributed by atoms with Crippen LogP contribution in [-0.2, 0) is 6.54 Å². The van der Waals surface area contributed by atoms with Crippen molar-refractivity contribution in [2.75, 3.05) is 6.61 Å². The molecule has 1 N–H and O–H groups in total. The average Bonchev–Trinajstić information content (AvgIpc) is 2.33. The molecule has 0 atom stereocenters. The van der Waals surface area contributed by atoms with Gasteiger partial charge in [-0.15, -0.1) is 12.3 Å². The number of hydrogen-bond donors (Lipinski definition) is 1. The molecule has 19 heavy (non-hydrogen) atoms. The predicted molar refractivity (Wildman–Crippen MR) is 81.3 cm³/mol. The molecule has 1 aromatic carbocycles. The van der Waals surface area contributed by atoms with Crippen LogP contribution in [0.1, 0.15) is 44.7 Å². The number of ether oxygens (including phenoxy) is 1. The minimum atomic E-state index is 0.102. The Hall–Kier alpha value is -1.46. The Kier molecular flexibility index (Phi) is 5.92. The number of rotatable bonds is 6. The summed E-state index contributed by atoms with van der Waals surface area (Å²) in [6.07, 6.45) is 6.90. The van der Waals surface area contributed by atoms with Gasteiger partial charge < -0.3 is 10.1 Å². The van der Waals surface area contributed by atoms with Crippen molar-refractivity contribution in [2.24, 2.45) is 0 Å².